The normalized spacial score (nSPS) is 14.7. The average Bonchev–Trinajstić information content (AvgIpc) is 3.32. The van der Waals surface area contributed by atoms with Crippen LogP contribution < -0.4 is 4.74 Å². The summed E-state index contributed by atoms with van der Waals surface area (Å²) in [4.78, 5) is 14.2. The van der Waals surface area contributed by atoms with E-state index >= 15 is 0 Å². The number of hydrogen-bond acceptors (Lipinski definition) is 2. The summed E-state index contributed by atoms with van der Waals surface area (Å²) in [6.45, 7) is 2.06. The number of benzene rings is 2. The molecular weight excluding hydrogens is 338 g/mol. The maximum atomic E-state index is 11.0. The van der Waals surface area contributed by atoms with Crippen molar-refractivity contribution in [1.29, 1.82) is 0 Å². The van der Waals surface area contributed by atoms with Crippen molar-refractivity contribution in [3.05, 3.63) is 53.7 Å². The van der Waals surface area contributed by atoms with Crippen molar-refractivity contribution in [2.75, 3.05) is 0 Å². The van der Waals surface area contributed by atoms with Gasteiger partial charge in [0.05, 0.1) is 6.10 Å². The number of fused-ring (bicyclic) bond motifs is 1. The summed E-state index contributed by atoms with van der Waals surface area (Å²) in [6, 6.07) is 12.6. The Balaban J connectivity index is 1.77. The van der Waals surface area contributed by atoms with Crippen molar-refractivity contribution in [3.8, 4) is 16.9 Å². The van der Waals surface area contributed by atoms with E-state index in [1.165, 1.54) is 12.8 Å². The summed E-state index contributed by atoms with van der Waals surface area (Å²) >= 11 is 0. The molecule has 1 saturated carbocycles. The zero-order chi connectivity index (χ0) is 18.8. The van der Waals surface area contributed by atoms with E-state index in [0.29, 0.717) is 6.42 Å². The molecule has 1 aromatic heterocycles. The highest BCUT2D eigenvalue weighted by Gasteiger charge is 2.20. The van der Waals surface area contributed by atoms with Crippen molar-refractivity contribution < 1.29 is 14.6 Å². The monoisotopic (exact) mass is 363 g/mol. The molecule has 0 radical (unpaired) electrons. The number of ether oxygens (including phenoxy) is 1. The van der Waals surface area contributed by atoms with Crippen molar-refractivity contribution >= 4 is 16.9 Å². The van der Waals surface area contributed by atoms with Gasteiger partial charge in [0.25, 0.3) is 0 Å². The first-order valence-corrected chi connectivity index (χ1v) is 9.69. The van der Waals surface area contributed by atoms with Crippen LogP contribution in [0.25, 0.3) is 22.0 Å². The minimum Gasteiger partial charge on any atom is -0.490 e. The summed E-state index contributed by atoms with van der Waals surface area (Å²) in [7, 11) is 0. The van der Waals surface area contributed by atoms with Gasteiger partial charge in [-0.3, -0.25) is 4.79 Å². The first-order chi connectivity index (χ1) is 13.1. The zero-order valence-electron chi connectivity index (χ0n) is 15.6. The number of carbonyl (C=O) groups is 1. The van der Waals surface area contributed by atoms with Gasteiger partial charge in [-0.2, -0.15) is 0 Å². The Bertz CT molecular complexity index is 967. The largest absolute Gasteiger partial charge is 0.490 e. The van der Waals surface area contributed by atoms with Gasteiger partial charge in [0, 0.05) is 23.7 Å². The molecule has 1 heterocycles. The molecule has 2 N–H and O–H groups in total. The zero-order valence-corrected chi connectivity index (χ0v) is 15.6. The Morgan fingerprint density at radius 3 is 2.78 bits per heavy atom. The second-order valence-corrected chi connectivity index (χ2v) is 7.49. The number of carboxylic acid groups (broad SMARTS) is 1. The third kappa shape index (κ3) is 3.85. The van der Waals surface area contributed by atoms with Crippen LogP contribution in [-0.2, 0) is 11.2 Å². The summed E-state index contributed by atoms with van der Waals surface area (Å²) in [5.74, 6) is 0.171. The summed E-state index contributed by atoms with van der Waals surface area (Å²) in [5.41, 5.74) is 5.39. The molecule has 4 nitrogen and oxygen atoms in total. The van der Waals surface area contributed by atoms with Crippen LogP contribution in [0.4, 0.5) is 0 Å². The Hall–Kier alpha value is -2.75. The molecule has 0 aliphatic heterocycles. The van der Waals surface area contributed by atoms with Crippen molar-refractivity contribution in [2.24, 2.45) is 0 Å². The third-order valence-corrected chi connectivity index (χ3v) is 5.41. The highest BCUT2D eigenvalue weighted by Crippen LogP contribution is 2.38. The number of aryl methyl sites for hydroxylation is 2. The van der Waals surface area contributed by atoms with Gasteiger partial charge in [-0.15, -0.1) is 0 Å². The maximum Gasteiger partial charge on any atom is 0.303 e. The number of aromatic nitrogens is 1. The number of carboxylic acids is 1. The number of hydrogen-bond donors (Lipinski definition) is 2. The van der Waals surface area contributed by atoms with E-state index in [-0.39, 0.29) is 12.5 Å². The van der Waals surface area contributed by atoms with E-state index in [9.17, 15) is 4.79 Å². The van der Waals surface area contributed by atoms with Crippen LogP contribution in [0, 0.1) is 6.92 Å². The standard InChI is InChI=1S/C23H25NO3/c1-15-12-16(6-9-22(25)26)13-20(23(15)27-19-4-2-3-5-19)17-7-8-21-18(14-17)10-11-24-21/h7-8,10-14,19,24H,2-6,9H2,1H3,(H,25,26). The molecular formula is C23H25NO3. The van der Waals surface area contributed by atoms with Crippen LogP contribution in [0.5, 0.6) is 5.75 Å². The van der Waals surface area contributed by atoms with Crippen molar-refractivity contribution in [3.63, 3.8) is 0 Å². The number of nitrogens with one attached hydrogen (secondary N) is 1. The Labute approximate surface area is 159 Å². The van der Waals surface area contributed by atoms with Crippen LogP contribution in [0.15, 0.2) is 42.6 Å². The van der Waals surface area contributed by atoms with Crippen LogP contribution in [0.2, 0.25) is 0 Å². The number of H-pyrrole nitrogens is 1. The smallest absolute Gasteiger partial charge is 0.303 e. The molecule has 2 aromatic carbocycles. The lowest BCUT2D eigenvalue weighted by Crippen LogP contribution is -2.13. The minimum absolute atomic E-state index is 0.137. The first kappa shape index (κ1) is 17.7. The van der Waals surface area contributed by atoms with Gasteiger partial charge >= 0.3 is 5.97 Å². The van der Waals surface area contributed by atoms with E-state index in [1.54, 1.807) is 0 Å². The molecule has 0 atom stereocenters. The molecule has 0 amide bonds. The molecule has 0 bridgehead atoms. The molecule has 3 aromatic rings. The molecule has 0 unspecified atom stereocenters. The van der Waals surface area contributed by atoms with E-state index in [4.69, 9.17) is 9.84 Å². The topological polar surface area (TPSA) is 62.3 Å². The lowest BCUT2D eigenvalue weighted by Gasteiger charge is -2.20. The molecule has 4 heteroatoms. The van der Waals surface area contributed by atoms with Gasteiger partial charge in [-0.05, 0) is 85.4 Å². The Morgan fingerprint density at radius 2 is 2.00 bits per heavy atom. The fourth-order valence-corrected chi connectivity index (χ4v) is 4.01. The van der Waals surface area contributed by atoms with E-state index in [2.05, 4.69) is 48.3 Å². The number of rotatable bonds is 6. The van der Waals surface area contributed by atoms with Crippen molar-refractivity contribution in [2.45, 2.75) is 51.6 Å². The Morgan fingerprint density at radius 1 is 1.19 bits per heavy atom. The van der Waals surface area contributed by atoms with Crippen molar-refractivity contribution in [1.82, 2.24) is 4.98 Å². The van der Waals surface area contributed by atoms with Crippen LogP contribution in [0.1, 0.15) is 43.2 Å². The highest BCUT2D eigenvalue weighted by molar-refractivity contribution is 5.86. The Kier molecular flexibility index (Phi) is 4.88. The lowest BCUT2D eigenvalue weighted by atomic mass is 9.96. The van der Waals surface area contributed by atoms with Gasteiger partial charge in [0.1, 0.15) is 5.75 Å². The summed E-state index contributed by atoms with van der Waals surface area (Å²) in [6.07, 6.45) is 7.56. The quantitative estimate of drug-likeness (QED) is 0.609. The van der Waals surface area contributed by atoms with Gasteiger partial charge in [0.2, 0.25) is 0 Å². The van der Waals surface area contributed by atoms with Gasteiger partial charge in [-0.1, -0.05) is 12.1 Å². The molecule has 0 spiro atoms. The van der Waals surface area contributed by atoms with E-state index in [0.717, 1.165) is 51.7 Å². The molecule has 140 valence electrons. The lowest BCUT2D eigenvalue weighted by molar-refractivity contribution is -0.136. The number of aliphatic carboxylic acids is 1. The molecule has 4 rings (SSSR count). The molecule has 0 saturated heterocycles. The van der Waals surface area contributed by atoms with Gasteiger partial charge < -0.3 is 14.8 Å². The average molecular weight is 363 g/mol. The van der Waals surface area contributed by atoms with Crippen LogP contribution in [0.3, 0.4) is 0 Å². The molecule has 27 heavy (non-hydrogen) atoms. The molecule has 1 fully saturated rings. The van der Waals surface area contributed by atoms with E-state index < -0.39 is 5.97 Å². The van der Waals surface area contributed by atoms with E-state index in [1.807, 2.05) is 6.20 Å². The molecule has 1 aliphatic rings. The maximum absolute atomic E-state index is 11.0. The van der Waals surface area contributed by atoms with Gasteiger partial charge in [-0.25, -0.2) is 0 Å². The second-order valence-electron chi connectivity index (χ2n) is 7.49. The predicted molar refractivity (Wildman–Crippen MR) is 107 cm³/mol. The van der Waals surface area contributed by atoms with Gasteiger partial charge in [0.15, 0.2) is 0 Å². The second kappa shape index (κ2) is 7.47. The first-order valence-electron chi connectivity index (χ1n) is 9.69. The summed E-state index contributed by atoms with van der Waals surface area (Å²) < 4.78 is 6.44. The fraction of sp³-hybridized carbons (Fsp3) is 0.348. The highest BCUT2D eigenvalue weighted by atomic mass is 16.5. The van der Waals surface area contributed by atoms with Crippen LogP contribution >= 0.6 is 0 Å². The molecule has 1 aliphatic carbocycles. The minimum atomic E-state index is -0.769. The summed E-state index contributed by atoms with van der Waals surface area (Å²) in [5, 5.41) is 10.2. The predicted octanol–water partition coefficient (Wildman–Crippen LogP) is 5.48. The number of aromatic amines is 1. The third-order valence-electron chi connectivity index (χ3n) is 5.41. The fourth-order valence-electron chi connectivity index (χ4n) is 4.01. The SMILES string of the molecule is Cc1cc(CCC(=O)O)cc(-c2ccc3[nH]ccc3c2)c1OC1CCCC1. The van der Waals surface area contributed by atoms with Crippen LogP contribution in [-0.4, -0.2) is 22.2 Å².